The van der Waals surface area contributed by atoms with Crippen LogP contribution in [0.25, 0.3) is 11.2 Å². The van der Waals surface area contributed by atoms with Gasteiger partial charge in [-0.3, -0.25) is 14.3 Å². The number of ether oxygens (including phenoxy) is 1. The summed E-state index contributed by atoms with van der Waals surface area (Å²) in [7, 11) is 3.86. The minimum Gasteiger partial charge on any atom is -0.394 e. The number of halogens is 1. The lowest BCUT2D eigenvalue weighted by molar-refractivity contribution is -0.0501. The maximum Gasteiger partial charge on any atom is 0.280 e. The zero-order valence-electron chi connectivity index (χ0n) is 17.7. The number of imidazole rings is 1. The minimum absolute atomic E-state index is 0.0156. The number of fused-ring (bicyclic) bond motifs is 1. The highest BCUT2D eigenvalue weighted by Crippen LogP contribution is 2.34. The monoisotopic (exact) mass is 522 g/mol. The Hall–Kier alpha value is -3.04. The number of nitrogens with two attached hydrogens (primary N) is 1. The number of rotatable bonds is 6. The number of aliphatic hydroxyl groups excluding tert-OH is 3. The normalized spacial score (nSPS) is 23.0. The highest BCUT2D eigenvalue weighted by molar-refractivity contribution is 9.10. The van der Waals surface area contributed by atoms with E-state index in [9.17, 15) is 20.1 Å². The van der Waals surface area contributed by atoms with Crippen molar-refractivity contribution in [3.8, 4) is 0 Å². The van der Waals surface area contributed by atoms with E-state index in [4.69, 9.17) is 10.5 Å². The molecule has 0 spiro atoms. The Morgan fingerprint density at radius 2 is 2.12 bits per heavy atom. The highest BCUT2D eigenvalue weighted by atomic mass is 79.9. The van der Waals surface area contributed by atoms with Gasteiger partial charge in [-0.1, -0.05) is 6.07 Å². The number of aromatic nitrogens is 4. The number of nitrogens with zero attached hydrogens (tertiary/aromatic N) is 5. The van der Waals surface area contributed by atoms with Gasteiger partial charge in [-0.05, 0) is 33.6 Å². The Morgan fingerprint density at radius 3 is 2.76 bits per heavy atom. The first-order valence-electron chi connectivity index (χ1n) is 9.87. The Labute approximate surface area is 195 Å². The molecule has 3 aromatic rings. The van der Waals surface area contributed by atoms with Crippen molar-refractivity contribution in [1.82, 2.24) is 19.5 Å². The Morgan fingerprint density at radius 1 is 1.36 bits per heavy atom. The van der Waals surface area contributed by atoms with E-state index in [0.29, 0.717) is 0 Å². The van der Waals surface area contributed by atoms with Crippen molar-refractivity contribution in [3.05, 3.63) is 38.6 Å². The predicted octanol–water partition coefficient (Wildman–Crippen LogP) is -0.412. The summed E-state index contributed by atoms with van der Waals surface area (Å²) in [4.78, 5) is 25.0. The lowest BCUT2D eigenvalue weighted by Crippen LogP contribution is -2.33. The van der Waals surface area contributed by atoms with Crippen LogP contribution in [-0.4, -0.2) is 80.1 Å². The number of hydrogen-bond donors (Lipinski definition) is 6. The number of aliphatic hydroxyl groups is 3. The van der Waals surface area contributed by atoms with Gasteiger partial charge in [0.15, 0.2) is 17.4 Å². The number of hydrogen-bond acceptors (Lipinski definition) is 11. The van der Waals surface area contributed by atoms with Crippen molar-refractivity contribution in [2.24, 2.45) is 5.10 Å². The first-order chi connectivity index (χ1) is 15.7. The third kappa shape index (κ3) is 4.30. The molecule has 3 heterocycles. The molecule has 4 rings (SSSR count). The van der Waals surface area contributed by atoms with Crippen molar-refractivity contribution < 1.29 is 20.1 Å². The van der Waals surface area contributed by atoms with Gasteiger partial charge in [0.25, 0.3) is 5.56 Å². The maximum absolute atomic E-state index is 12.3. The first kappa shape index (κ1) is 23.1. The fourth-order valence-electron chi connectivity index (χ4n) is 3.54. The predicted molar refractivity (Wildman–Crippen MR) is 125 cm³/mol. The van der Waals surface area contributed by atoms with Crippen LogP contribution < -0.4 is 21.6 Å². The summed E-state index contributed by atoms with van der Waals surface area (Å²) in [5, 5.41) is 34.3. The third-order valence-electron chi connectivity index (χ3n) is 5.17. The largest absolute Gasteiger partial charge is 0.394 e. The van der Waals surface area contributed by atoms with Crippen molar-refractivity contribution in [2.75, 3.05) is 36.8 Å². The minimum atomic E-state index is -1.43. The highest BCUT2D eigenvalue weighted by Gasteiger charge is 2.45. The average molecular weight is 523 g/mol. The fraction of sp³-hybridized carbons (Fsp3) is 0.368. The molecule has 7 N–H and O–H groups in total. The first-order valence-corrected chi connectivity index (χ1v) is 10.7. The summed E-state index contributed by atoms with van der Waals surface area (Å²) in [6, 6.07) is 5.67. The fourth-order valence-corrected chi connectivity index (χ4v) is 4.30. The number of aromatic amines is 1. The second-order valence-corrected chi connectivity index (χ2v) is 8.49. The second-order valence-electron chi connectivity index (χ2n) is 7.63. The van der Waals surface area contributed by atoms with Gasteiger partial charge < -0.3 is 30.7 Å². The molecular formula is C19H23BrN8O5. The van der Waals surface area contributed by atoms with Crippen LogP contribution in [0, 0.1) is 0 Å². The summed E-state index contributed by atoms with van der Waals surface area (Å²) in [5.74, 6) is -0.148. The second kappa shape index (κ2) is 9.07. The van der Waals surface area contributed by atoms with Gasteiger partial charge in [-0.15, -0.1) is 0 Å². The number of H-pyrrole nitrogens is 1. The molecule has 0 aliphatic carbocycles. The smallest absolute Gasteiger partial charge is 0.280 e. The third-order valence-corrected chi connectivity index (χ3v) is 5.81. The van der Waals surface area contributed by atoms with E-state index in [1.165, 1.54) is 10.8 Å². The van der Waals surface area contributed by atoms with Crippen LogP contribution in [-0.2, 0) is 4.74 Å². The molecule has 0 unspecified atom stereocenters. The van der Waals surface area contributed by atoms with Crippen LogP contribution in [0.5, 0.6) is 0 Å². The lowest BCUT2D eigenvalue weighted by Gasteiger charge is -2.18. The van der Waals surface area contributed by atoms with Gasteiger partial charge in [0.2, 0.25) is 11.9 Å². The van der Waals surface area contributed by atoms with E-state index in [1.807, 2.05) is 37.2 Å². The molecule has 0 saturated carbocycles. The molecule has 1 aliphatic rings. The standard InChI is InChI=1S/C19H23BrN8O5/c1-27(2)10-4-3-8(5-9(10)20)6-22-26-19-23-12-15(24-18(21)25-16(12)32)28(19)17-14(31)13(30)11(7-29)33-17/h3-6,11,13-14,17,29-31H,7H2,1-2H3,(H,23,26)(H3,21,24,25,32)/b22-6-/t11-,13+,14+,17-/m0/s1. The number of benzene rings is 1. The van der Waals surface area contributed by atoms with Crippen molar-refractivity contribution in [2.45, 2.75) is 24.5 Å². The molecule has 33 heavy (non-hydrogen) atoms. The van der Waals surface area contributed by atoms with E-state index in [-0.39, 0.29) is 23.1 Å². The topological polar surface area (TPSA) is 187 Å². The molecule has 1 aromatic carbocycles. The zero-order valence-corrected chi connectivity index (χ0v) is 19.3. The van der Waals surface area contributed by atoms with Crippen molar-refractivity contribution >= 4 is 50.9 Å². The van der Waals surface area contributed by atoms with Crippen LogP contribution >= 0.6 is 15.9 Å². The van der Waals surface area contributed by atoms with E-state index in [0.717, 1.165) is 15.7 Å². The Bertz CT molecular complexity index is 1260. The van der Waals surface area contributed by atoms with Crippen LogP contribution in [0.1, 0.15) is 11.8 Å². The van der Waals surface area contributed by atoms with E-state index < -0.39 is 36.7 Å². The number of nitrogens with one attached hydrogen (secondary N) is 2. The van der Waals surface area contributed by atoms with E-state index >= 15 is 0 Å². The molecule has 176 valence electrons. The van der Waals surface area contributed by atoms with Gasteiger partial charge in [-0.25, -0.2) is 10.4 Å². The molecule has 1 saturated heterocycles. The van der Waals surface area contributed by atoms with Gasteiger partial charge in [0, 0.05) is 18.6 Å². The van der Waals surface area contributed by atoms with E-state index in [2.05, 4.69) is 41.4 Å². The van der Waals surface area contributed by atoms with Crippen LogP contribution in [0.2, 0.25) is 0 Å². The molecule has 2 aromatic heterocycles. The van der Waals surface area contributed by atoms with Gasteiger partial charge >= 0.3 is 0 Å². The van der Waals surface area contributed by atoms with Crippen LogP contribution in [0.15, 0.2) is 32.6 Å². The number of anilines is 3. The van der Waals surface area contributed by atoms with Crippen molar-refractivity contribution in [3.63, 3.8) is 0 Å². The molecule has 1 fully saturated rings. The summed E-state index contributed by atoms with van der Waals surface area (Å²) in [6.07, 6.45) is -3.49. The zero-order chi connectivity index (χ0) is 23.9. The summed E-state index contributed by atoms with van der Waals surface area (Å²) in [5.41, 5.74) is 9.52. The molecule has 13 nitrogen and oxygen atoms in total. The lowest BCUT2D eigenvalue weighted by atomic mass is 10.1. The van der Waals surface area contributed by atoms with Crippen molar-refractivity contribution in [1.29, 1.82) is 0 Å². The number of hydrazone groups is 1. The maximum atomic E-state index is 12.3. The van der Waals surface area contributed by atoms with E-state index in [1.54, 1.807) is 0 Å². The Balaban J connectivity index is 1.71. The summed E-state index contributed by atoms with van der Waals surface area (Å²) in [6.45, 7) is -0.518. The number of nitrogen functional groups attached to an aromatic ring is 1. The van der Waals surface area contributed by atoms with Crippen LogP contribution in [0.4, 0.5) is 17.6 Å². The summed E-state index contributed by atoms with van der Waals surface area (Å²) < 4.78 is 7.75. The molecule has 14 heteroatoms. The SMILES string of the molecule is CN(C)c1ccc(/C=N\Nc2nc3c(=O)[nH]c(N)nc3n2[C@H]2O[C@@H](CO)[C@@H](O)[C@H]2O)cc1Br. The summed E-state index contributed by atoms with van der Waals surface area (Å²) >= 11 is 3.52. The quantitative estimate of drug-likeness (QED) is 0.183. The Kier molecular flexibility index (Phi) is 6.36. The van der Waals surface area contributed by atoms with Crippen LogP contribution in [0.3, 0.4) is 0 Å². The van der Waals surface area contributed by atoms with Gasteiger partial charge in [-0.2, -0.15) is 10.1 Å². The van der Waals surface area contributed by atoms with Gasteiger partial charge in [0.05, 0.1) is 18.5 Å². The molecule has 0 bridgehead atoms. The molecule has 4 atom stereocenters. The average Bonchev–Trinajstić information content (AvgIpc) is 3.25. The molecule has 0 radical (unpaired) electrons. The van der Waals surface area contributed by atoms with Gasteiger partial charge in [0.1, 0.15) is 18.3 Å². The molecule has 1 aliphatic heterocycles. The molecule has 0 amide bonds. The molecular weight excluding hydrogens is 500 g/mol.